The zero-order valence-corrected chi connectivity index (χ0v) is 16.7. The Hall–Kier alpha value is -1.25. The van der Waals surface area contributed by atoms with Gasteiger partial charge in [0.25, 0.3) is 0 Å². The molecule has 0 saturated heterocycles. The molecule has 0 saturated carbocycles. The zero-order valence-electron chi connectivity index (χ0n) is 14.1. The number of rotatable bonds is 6. The first-order valence-corrected chi connectivity index (χ1v) is 12.0. The van der Waals surface area contributed by atoms with Gasteiger partial charge in [0.1, 0.15) is 12.6 Å². The molecule has 2 aromatic rings. The molecule has 0 atom stereocenters. The van der Waals surface area contributed by atoms with Crippen LogP contribution in [0.1, 0.15) is 11.4 Å². The van der Waals surface area contributed by atoms with Gasteiger partial charge in [0.2, 0.25) is 0 Å². The highest BCUT2D eigenvalue weighted by molar-refractivity contribution is 9.10. The topological polar surface area (TPSA) is 70.2 Å². The van der Waals surface area contributed by atoms with Crippen molar-refractivity contribution >= 4 is 40.7 Å². The first kappa shape index (κ1) is 18.1. The number of halogens is 1. The van der Waals surface area contributed by atoms with E-state index in [2.05, 4.69) is 40.6 Å². The minimum Gasteiger partial charge on any atom is -0.361 e. The first-order chi connectivity index (χ1) is 10.6. The monoisotopic (exact) mass is 399 g/mol. The van der Waals surface area contributed by atoms with Crippen molar-refractivity contribution in [2.24, 2.45) is 0 Å². The molecule has 6 nitrogen and oxygen atoms in total. The van der Waals surface area contributed by atoms with Gasteiger partial charge in [0.15, 0.2) is 5.52 Å². The standard InChI is InChI=1S/C15H22BrN3O3Si/c1-10-12(16)8-13-14(15(10)19(20)21)17-11(2)18(13)9-22-6-7-23(3,4)5/h8H,6-7,9H2,1-5H3. The van der Waals surface area contributed by atoms with Crippen LogP contribution >= 0.6 is 15.9 Å². The lowest BCUT2D eigenvalue weighted by atomic mass is 10.2. The molecule has 1 heterocycles. The fraction of sp³-hybridized carbons (Fsp3) is 0.533. The van der Waals surface area contributed by atoms with Crippen LogP contribution in [0.3, 0.4) is 0 Å². The highest BCUT2D eigenvalue weighted by Crippen LogP contribution is 2.34. The van der Waals surface area contributed by atoms with Crippen molar-refractivity contribution in [3.63, 3.8) is 0 Å². The predicted molar refractivity (Wildman–Crippen MR) is 97.7 cm³/mol. The van der Waals surface area contributed by atoms with Gasteiger partial charge in [-0.1, -0.05) is 35.6 Å². The van der Waals surface area contributed by atoms with Crippen molar-refractivity contribution in [1.82, 2.24) is 9.55 Å². The first-order valence-electron chi connectivity index (χ1n) is 7.50. The summed E-state index contributed by atoms with van der Waals surface area (Å²) < 4.78 is 8.38. The molecule has 0 radical (unpaired) electrons. The SMILES string of the molecule is Cc1c(Br)cc2c(nc(C)n2COCC[Si](C)(C)C)c1[N+](=O)[O-]. The molecule has 0 aliphatic rings. The van der Waals surface area contributed by atoms with Crippen molar-refractivity contribution in [1.29, 1.82) is 0 Å². The third-order valence-corrected chi connectivity index (χ3v) is 6.33. The summed E-state index contributed by atoms with van der Waals surface area (Å²) in [5.41, 5.74) is 1.78. The number of fused-ring (bicyclic) bond motifs is 1. The summed E-state index contributed by atoms with van der Waals surface area (Å²) in [6.45, 7) is 11.5. The van der Waals surface area contributed by atoms with Gasteiger partial charge in [-0.2, -0.15) is 0 Å². The van der Waals surface area contributed by atoms with Crippen LogP contribution in [0.2, 0.25) is 25.7 Å². The third kappa shape index (κ3) is 3.99. The van der Waals surface area contributed by atoms with Crippen LogP contribution in [0.15, 0.2) is 10.5 Å². The Morgan fingerprint density at radius 1 is 1.39 bits per heavy atom. The van der Waals surface area contributed by atoms with E-state index in [0.29, 0.717) is 34.7 Å². The average Bonchev–Trinajstić information content (AvgIpc) is 2.70. The van der Waals surface area contributed by atoms with Crippen molar-refractivity contribution in [3.8, 4) is 0 Å². The number of aromatic nitrogens is 2. The van der Waals surface area contributed by atoms with E-state index in [1.807, 2.05) is 17.6 Å². The number of ether oxygens (including phenoxy) is 1. The maximum absolute atomic E-state index is 11.4. The normalized spacial score (nSPS) is 12.1. The number of nitro benzene ring substituents is 1. The van der Waals surface area contributed by atoms with Gasteiger partial charge < -0.3 is 9.30 Å². The van der Waals surface area contributed by atoms with Gasteiger partial charge in [-0.3, -0.25) is 10.1 Å². The summed E-state index contributed by atoms with van der Waals surface area (Å²) in [5.74, 6) is 0.716. The fourth-order valence-corrected chi connectivity index (χ4v) is 3.50. The van der Waals surface area contributed by atoms with Gasteiger partial charge in [0, 0.05) is 24.7 Å². The van der Waals surface area contributed by atoms with Gasteiger partial charge in [0.05, 0.1) is 10.4 Å². The lowest BCUT2D eigenvalue weighted by Gasteiger charge is -2.16. The number of benzene rings is 1. The maximum atomic E-state index is 11.4. The third-order valence-electron chi connectivity index (χ3n) is 3.80. The molecular formula is C15H22BrN3O3Si. The zero-order chi connectivity index (χ0) is 17.4. The summed E-state index contributed by atoms with van der Waals surface area (Å²) >= 11 is 3.41. The smallest absolute Gasteiger partial charge is 0.301 e. The van der Waals surface area contributed by atoms with Crippen molar-refractivity contribution in [3.05, 3.63) is 32.0 Å². The molecule has 0 bridgehead atoms. The summed E-state index contributed by atoms with van der Waals surface area (Å²) in [4.78, 5) is 15.4. The van der Waals surface area contributed by atoms with Crippen LogP contribution in [0.25, 0.3) is 11.0 Å². The van der Waals surface area contributed by atoms with E-state index in [0.717, 1.165) is 11.6 Å². The van der Waals surface area contributed by atoms with E-state index in [9.17, 15) is 10.1 Å². The average molecular weight is 400 g/mol. The number of imidazole rings is 1. The minimum atomic E-state index is -1.13. The molecule has 8 heteroatoms. The highest BCUT2D eigenvalue weighted by Gasteiger charge is 2.23. The Kier molecular flexibility index (Phi) is 5.27. The number of hydrogen-bond acceptors (Lipinski definition) is 4. The van der Waals surface area contributed by atoms with Gasteiger partial charge in [-0.25, -0.2) is 4.98 Å². The second-order valence-corrected chi connectivity index (χ2v) is 13.4. The van der Waals surface area contributed by atoms with E-state index in [4.69, 9.17) is 4.74 Å². The second-order valence-electron chi connectivity index (χ2n) is 6.89. The van der Waals surface area contributed by atoms with Gasteiger partial charge >= 0.3 is 5.69 Å². The Balaban J connectivity index is 2.35. The predicted octanol–water partition coefficient (Wildman–Crippen LogP) is 4.64. The molecule has 0 aliphatic carbocycles. The molecule has 0 unspecified atom stereocenters. The second kappa shape index (κ2) is 6.70. The molecule has 0 amide bonds. The largest absolute Gasteiger partial charge is 0.361 e. The van der Waals surface area contributed by atoms with E-state index in [1.165, 1.54) is 0 Å². The summed E-state index contributed by atoms with van der Waals surface area (Å²) in [6.07, 6.45) is 0. The van der Waals surface area contributed by atoms with Crippen molar-refractivity contribution in [2.45, 2.75) is 46.3 Å². The fourth-order valence-electron chi connectivity index (χ4n) is 2.34. The van der Waals surface area contributed by atoms with Crippen LogP contribution in [-0.4, -0.2) is 29.2 Å². The molecular weight excluding hydrogens is 378 g/mol. The Morgan fingerprint density at radius 3 is 2.61 bits per heavy atom. The van der Waals surface area contributed by atoms with E-state index >= 15 is 0 Å². The van der Waals surface area contributed by atoms with E-state index in [1.54, 1.807) is 6.92 Å². The lowest BCUT2D eigenvalue weighted by Crippen LogP contribution is -2.22. The molecule has 0 N–H and O–H groups in total. The summed E-state index contributed by atoms with van der Waals surface area (Å²) in [7, 11) is -1.13. The summed E-state index contributed by atoms with van der Waals surface area (Å²) in [6, 6.07) is 2.96. The van der Waals surface area contributed by atoms with Gasteiger partial charge in [-0.15, -0.1) is 0 Å². The Labute approximate surface area is 145 Å². The number of nitrogens with zero attached hydrogens (tertiary/aromatic N) is 3. The molecule has 23 heavy (non-hydrogen) atoms. The number of hydrogen-bond donors (Lipinski definition) is 0. The lowest BCUT2D eigenvalue weighted by molar-refractivity contribution is -0.383. The molecule has 1 aromatic carbocycles. The van der Waals surface area contributed by atoms with Crippen LogP contribution in [-0.2, 0) is 11.5 Å². The molecule has 0 aliphatic heterocycles. The molecule has 0 spiro atoms. The van der Waals surface area contributed by atoms with Crippen LogP contribution in [0.4, 0.5) is 5.69 Å². The van der Waals surface area contributed by atoms with Crippen molar-refractivity contribution in [2.75, 3.05) is 6.61 Å². The van der Waals surface area contributed by atoms with E-state index < -0.39 is 8.07 Å². The summed E-state index contributed by atoms with van der Waals surface area (Å²) in [5, 5.41) is 11.4. The molecule has 1 aromatic heterocycles. The quantitative estimate of drug-likeness (QED) is 0.307. The van der Waals surface area contributed by atoms with Crippen LogP contribution in [0, 0.1) is 24.0 Å². The number of nitro groups is 1. The van der Waals surface area contributed by atoms with Crippen LogP contribution < -0.4 is 0 Å². The Morgan fingerprint density at radius 2 is 2.04 bits per heavy atom. The van der Waals surface area contributed by atoms with Crippen molar-refractivity contribution < 1.29 is 9.66 Å². The van der Waals surface area contributed by atoms with Gasteiger partial charge in [-0.05, 0) is 26.0 Å². The van der Waals surface area contributed by atoms with Crippen LogP contribution in [0.5, 0.6) is 0 Å². The Bertz CT molecular complexity index is 753. The molecule has 2 rings (SSSR count). The maximum Gasteiger partial charge on any atom is 0.301 e. The molecule has 126 valence electrons. The molecule has 0 fully saturated rings. The highest BCUT2D eigenvalue weighted by atomic mass is 79.9. The minimum absolute atomic E-state index is 0.0540. The van der Waals surface area contributed by atoms with E-state index in [-0.39, 0.29) is 10.6 Å². The number of aryl methyl sites for hydroxylation is 1.